The van der Waals surface area contributed by atoms with Crippen LogP contribution in [0.15, 0.2) is 42.5 Å². The molecule has 0 bridgehead atoms. The normalized spacial score (nSPS) is 12.4. The molecular weight excluding hydrogens is 369 g/mol. The average molecular weight is 386 g/mol. The van der Waals surface area contributed by atoms with E-state index in [1.54, 1.807) is 0 Å². The van der Waals surface area contributed by atoms with Crippen LogP contribution in [0.4, 0.5) is 0 Å². The fourth-order valence-corrected chi connectivity index (χ4v) is 3.06. The van der Waals surface area contributed by atoms with Gasteiger partial charge in [0.25, 0.3) is 0 Å². The Balaban J connectivity index is 2.46. The lowest BCUT2D eigenvalue weighted by atomic mass is 9.97. The van der Waals surface area contributed by atoms with Crippen molar-refractivity contribution >= 4 is 34.2 Å². The van der Waals surface area contributed by atoms with Gasteiger partial charge >= 0.3 is 0 Å². The zero-order chi connectivity index (χ0) is 13.8. The average Bonchev–Trinajstić information content (AvgIpc) is 2.44. The summed E-state index contributed by atoms with van der Waals surface area (Å²) in [4.78, 5) is 0. The summed E-state index contributed by atoms with van der Waals surface area (Å²) in [5.41, 5.74) is 3.86. The highest BCUT2D eigenvalue weighted by atomic mass is 127. The first-order chi connectivity index (χ1) is 9.15. The second-order valence-electron chi connectivity index (χ2n) is 4.49. The third kappa shape index (κ3) is 3.50. The Labute approximate surface area is 133 Å². The monoisotopic (exact) mass is 385 g/mol. The molecule has 2 aromatic rings. The first-order valence-corrected chi connectivity index (χ1v) is 7.82. The van der Waals surface area contributed by atoms with Crippen LogP contribution in [-0.4, -0.2) is 7.05 Å². The van der Waals surface area contributed by atoms with Gasteiger partial charge in [0.2, 0.25) is 0 Å². The topological polar surface area (TPSA) is 12.0 Å². The lowest BCUT2D eigenvalue weighted by Gasteiger charge is -2.19. The van der Waals surface area contributed by atoms with E-state index in [4.69, 9.17) is 11.6 Å². The third-order valence-corrected chi connectivity index (χ3v) is 4.47. The van der Waals surface area contributed by atoms with Crippen molar-refractivity contribution in [2.75, 3.05) is 7.05 Å². The summed E-state index contributed by atoms with van der Waals surface area (Å²) in [6.45, 7) is 2.18. The third-order valence-electron chi connectivity index (χ3n) is 3.25. The van der Waals surface area contributed by atoms with Crippen LogP contribution in [0.3, 0.4) is 0 Å². The number of hydrogen-bond donors (Lipinski definition) is 1. The summed E-state index contributed by atoms with van der Waals surface area (Å²) >= 11 is 8.49. The molecule has 0 saturated carbocycles. The molecule has 1 nitrogen and oxygen atoms in total. The van der Waals surface area contributed by atoms with Crippen LogP contribution in [0, 0.1) is 3.57 Å². The van der Waals surface area contributed by atoms with Crippen molar-refractivity contribution in [3.63, 3.8) is 0 Å². The van der Waals surface area contributed by atoms with Crippen LogP contribution < -0.4 is 5.32 Å². The molecule has 0 aliphatic carbocycles. The predicted octanol–water partition coefficient (Wildman–Crippen LogP) is 4.82. The summed E-state index contributed by atoms with van der Waals surface area (Å²) in [5.74, 6) is 0. The van der Waals surface area contributed by atoms with Gasteiger partial charge in [-0.05, 0) is 70.9 Å². The Morgan fingerprint density at radius 1 is 1.21 bits per heavy atom. The fourth-order valence-electron chi connectivity index (χ4n) is 2.23. The molecule has 1 atom stereocenters. The molecule has 0 heterocycles. The molecule has 0 aromatic heterocycles. The van der Waals surface area contributed by atoms with Gasteiger partial charge in [-0.2, -0.15) is 0 Å². The molecule has 0 aliphatic rings. The zero-order valence-corrected chi connectivity index (χ0v) is 14.0. The van der Waals surface area contributed by atoms with Gasteiger partial charge in [0.15, 0.2) is 0 Å². The van der Waals surface area contributed by atoms with Crippen LogP contribution >= 0.6 is 34.2 Å². The van der Waals surface area contributed by atoms with Crippen molar-refractivity contribution in [3.05, 3.63) is 67.7 Å². The smallest absolute Gasteiger partial charge is 0.0585 e. The van der Waals surface area contributed by atoms with Gasteiger partial charge in [0.05, 0.1) is 6.04 Å². The van der Waals surface area contributed by atoms with Gasteiger partial charge in [0, 0.05) is 8.59 Å². The van der Waals surface area contributed by atoms with Gasteiger partial charge in [-0.25, -0.2) is 0 Å². The van der Waals surface area contributed by atoms with Gasteiger partial charge in [-0.3, -0.25) is 0 Å². The summed E-state index contributed by atoms with van der Waals surface area (Å²) < 4.78 is 1.23. The molecule has 1 N–H and O–H groups in total. The molecule has 2 aromatic carbocycles. The molecule has 0 saturated heterocycles. The molecule has 0 fully saturated rings. The van der Waals surface area contributed by atoms with Crippen molar-refractivity contribution in [2.45, 2.75) is 19.4 Å². The first-order valence-electron chi connectivity index (χ1n) is 6.36. The number of hydrogen-bond acceptors (Lipinski definition) is 1. The molecule has 100 valence electrons. The van der Waals surface area contributed by atoms with Crippen LogP contribution in [0.1, 0.15) is 29.7 Å². The van der Waals surface area contributed by atoms with Gasteiger partial charge in [0.1, 0.15) is 0 Å². The van der Waals surface area contributed by atoms with Crippen LogP contribution in [0.5, 0.6) is 0 Å². The molecule has 0 aliphatic heterocycles. The summed E-state index contributed by atoms with van der Waals surface area (Å²) in [5, 5.41) is 4.17. The Bertz CT molecular complexity index is 568. The zero-order valence-electron chi connectivity index (χ0n) is 11.1. The van der Waals surface area contributed by atoms with Crippen molar-refractivity contribution in [1.29, 1.82) is 0 Å². The largest absolute Gasteiger partial charge is 0.309 e. The minimum absolute atomic E-state index is 0.178. The van der Waals surface area contributed by atoms with E-state index in [0.717, 1.165) is 11.4 Å². The van der Waals surface area contributed by atoms with E-state index in [0.29, 0.717) is 0 Å². The van der Waals surface area contributed by atoms with E-state index in [1.165, 1.54) is 20.3 Å². The second kappa shape index (κ2) is 6.73. The minimum Gasteiger partial charge on any atom is -0.309 e. The molecule has 1 unspecified atom stereocenters. The van der Waals surface area contributed by atoms with Gasteiger partial charge in [-0.15, -0.1) is 0 Å². The maximum Gasteiger partial charge on any atom is 0.0585 e. The van der Waals surface area contributed by atoms with Crippen LogP contribution in [0.2, 0.25) is 5.02 Å². The number of nitrogens with one attached hydrogen (secondary N) is 1. The second-order valence-corrected chi connectivity index (χ2v) is 6.08. The minimum atomic E-state index is 0.178. The van der Waals surface area contributed by atoms with Crippen LogP contribution in [-0.2, 0) is 6.42 Å². The SMILES string of the molecule is CCc1cccc(C(NC)c2cc(Cl)ccc2I)c1. The van der Waals surface area contributed by atoms with Gasteiger partial charge in [-0.1, -0.05) is 42.8 Å². The van der Waals surface area contributed by atoms with Crippen molar-refractivity contribution < 1.29 is 0 Å². The number of benzene rings is 2. The van der Waals surface area contributed by atoms with E-state index in [-0.39, 0.29) is 6.04 Å². The molecule has 2 rings (SSSR count). The molecule has 0 radical (unpaired) electrons. The quantitative estimate of drug-likeness (QED) is 0.744. The number of halogens is 2. The van der Waals surface area contributed by atoms with E-state index < -0.39 is 0 Å². The molecule has 0 spiro atoms. The van der Waals surface area contributed by atoms with Crippen molar-refractivity contribution in [3.8, 4) is 0 Å². The highest BCUT2D eigenvalue weighted by molar-refractivity contribution is 14.1. The van der Waals surface area contributed by atoms with E-state index in [1.807, 2.05) is 19.2 Å². The predicted molar refractivity (Wildman–Crippen MR) is 90.9 cm³/mol. The fraction of sp³-hybridized carbons (Fsp3) is 0.250. The lowest BCUT2D eigenvalue weighted by molar-refractivity contribution is 0.687. The van der Waals surface area contributed by atoms with Crippen LogP contribution in [0.25, 0.3) is 0 Å². The molecule has 19 heavy (non-hydrogen) atoms. The Kier molecular flexibility index (Phi) is 5.25. The molecular formula is C16H17ClIN. The summed E-state index contributed by atoms with van der Waals surface area (Å²) in [6.07, 6.45) is 1.05. The maximum absolute atomic E-state index is 6.13. The van der Waals surface area contributed by atoms with Gasteiger partial charge < -0.3 is 5.32 Å². The number of aryl methyl sites for hydroxylation is 1. The first kappa shape index (κ1) is 14.8. The van der Waals surface area contributed by atoms with Crippen molar-refractivity contribution in [1.82, 2.24) is 5.32 Å². The molecule has 3 heteroatoms. The summed E-state index contributed by atoms with van der Waals surface area (Å²) in [6, 6.07) is 14.9. The Hall–Kier alpha value is -0.580. The summed E-state index contributed by atoms with van der Waals surface area (Å²) in [7, 11) is 1.99. The standard InChI is InChI=1S/C16H17ClIN/c1-3-11-5-4-6-12(9-11)16(19-2)14-10-13(17)7-8-15(14)18/h4-10,16,19H,3H2,1-2H3. The van der Waals surface area contributed by atoms with E-state index in [2.05, 4.69) is 65.2 Å². The Morgan fingerprint density at radius 2 is 2.00 bits per heavy atom. The lowest BCUT2D eigenvalue weighted by Crippen LogP contribution is -2.19. The van der Waals surface area contributed by atoms with E-state index in [9.17, 15) is 0 Å². The van der Waals surface area contributed by atoms with E-state index >= 15 is 0 Å². The maximum atomic E-state index is 6.13. The highest BCUT2D eigenvalue weighted by Crippen LogP contribution is 2.29. The Morgan fingerprint density at radius 3 is 2.68 bits per heavy atom. The molecule has 0 amide bonds. The number of rotatable bonds is 4. The van der Waals surface area contributed by atoms with Crippen molar-refractivity contribution in [2.24, 2.45) is 0 Å². The highest BCUT2D eigenvalue weighted by Gasteiger charge is 2.15.